The number of fused-ring (bicyclic) bond motifs is 1. The van der Waals surface area contributed by atoms with Crippen molar-refractivity contribution in [2.75, 3.05) is 14.2 Å². The van der Waals surface area contributed by atoms with Gasteiger partial charge in [-0.25, -0.2) is 9.59 Å². The van der Waals surface area contributed by atoms with Crippen molar-refractivity contribution in [1.82, 2.24) is 14.5 Å². The first kappa shape index (κ1) is 22.6. The fourth-order valence-electron chi connectivity index (χ4n) is 3.66. The fraction of sp³-hybridized carbons (Fsp3) is 0.167. The molecule has 0 aliphatic heterocycles. The van der Waals surface area contributed by atoms with Gasteiger partial charge in [0, 0.05) is 12.8 Å². The van der Waals surface area contributed by atoms with Gasteiger partial charge in [0.2, 0.25) is 5.88 Å². The van der Waals surface area contributed by atoms with Crippen LogP contribution in [0.15, 0.2) is 63.1 Å². The number of hydrogen-bond acceptors (Lipinski definition) is 7. The summed E-state index contributed by atoms with van der Waals surface area (Å²) in [5.41, 5.74) is -0.0330. The lowest BCUT2D eigenvalue weighted by atomic mass is 10.1. The van der Waals surface area contributed by atoms with Crippen LogP contribution in [-0.4, -0.2) is 46.0 Å². The molecule has 0 fully saturated rings. The first-order valence-electron chi connectivity index (χ1n) is 10.4. The number of aliphatic imine (C=N–C) groups is 1. The van der Waals surface area contributed by atoms with Gasteiger partial charge in [0.05, 0.1) is 25.1 Å². The molecular formula is C24H22N4O6. The number of carbonyl (C=O) groups is 1. The highest BCUT2D eigenvalue weighted by Crippen LogP contribution is 2.37. The van der Waals surface area contributed by atoms with Crippen molar-refractivity contribution in [3.05, 3.63) is 86.2 Å². The summed E-state index contributed by atoms with van der Waals surface area (Å²) in [6.45, 7) is 0.140. The molecule has 0 bridgehead atoms. The Labute approximate surface area is 193 Å². The van der Waals surface area contributed by atoms with E-state index in [0.29, 0.717) is 23.1 Å². The number of aromatic nitrogens is 3. The zero-order valence-corrected chi connectivity index (χ0v) is 18.5. The normalized spacial score (nSPS) is 11.2. The number of aryl methyl sites for hydroxylation is 1. The lowest BCUT2D eigenvalue weighted by Gasteiger charge is -2.09. The number of aromatic amines is 2. The molecule has 0 saturated carbocycles. The molecule has 0 spiro atoms. The van der Waals surface area contributed by atoms with Gasteiger partial charge in [-0.05, 0) is 24.1 Å². The van der Waals surface area contributed by atoms with E-state index in [1.165, 1.54) is 14.2 Å². The van der Waals surface area contributed by atoms with Crippen LogP contribution in [0.5, 0.6) is 11.6 Å². The largest absolute Gasteiger partial charge is 0.496 e. The van der Waals surface area contributed by atoms with Crippen LogP contribution in [0.2, 0.25) is 0 Å². The number of nitrogens with zero attached hydrogens (tertiary/aromatic N) is 2. The molecule has 2 aromatic heterocycles. The molecule has 3 N–H and O–H groups in total. The molecule has 10 nitrogen and oxygen atoms in total. The Morgan fingerprint density at radius 2 is 1.85 bits per heavy atom. The second-order valence-corrected chi connectivity index (χ2v) is 7.37. The van der Waals surface area contributed by atoms with Crippen LogP contribution in [0.4, 0.5) is 5.69 Å². The molecule has 0 unspecified atom stereocenters. The maximum Gasteiger partial charge on any atom is 0.356 e. The number of methoxy groups -OCH3 is 2. The highest BCUT2D eigenvalue weighted by atomic mass is 16.5. The van der Waals surface area contributed by atoms with Crippen molar-refractivity contribution in [2.24, 2.45) is 4.99 Å². The molecule has 10 heteroatoms. The maximum absolute atomic E-state index is 12.5. The number of carbonyl (C=O) groups excluding carboxylic acids is 1. The third kappa shape index (κ3) is 4.20. The quantitative estimate of drug-likeness (QED) is 0.285. The first-order chi connectivity index (χ1) is 16.4. The van der Waals surface area contributed by atoms with E-state index in [9.17, 15) is 19.5 Å². The summed E-state index contributed by atoms with van der Waals surface area (Å²) in [5.74, 6) is -0.752. The van der Waals surface area contributed by atoms with Crippen LogP contribution in [0.25, 0.3) is 10.9 Å². The zero-order valence-electron chi connectivity index (χ0n) is 18.5. The van der Waals surface area contributed by atoms with Crippen LogP contribution in [0.1, 0.15) is 21.6 Å². The molecule has 0 amide bonds. The monoisotopic (exact) mass is 462 g/mol. The predicted molar refractivity (Wildman–Crippen MR) is 127 cm³/mol. The van der Waals surface area contributed by atoms with Crippen molar-refractivity contribution in [1.29, 1.82) is 0 Å². The lowest BCUT2D eigenvalue weighted by molar-refractivity contribution is 0.0596. The third-order valence-corrected chi connectivity index (χ3v) is 5.37. The number of benzene rings is 2. The van der Waals surface area contributed by atoms with E-state index in [2.05, 4.69) is 15.0 Å². The summed E-state index contributed by atoms with van der Waals surface area (Å²) < 4.78 is 11.3. The van der Waals surface area contributed by atoms with Crippen LogP contribution in [0.3, 0.4) is 0 Å². The Balaban J connectivity index is 1.79. The summed E-state index contributed by atoms with van der Waals surface area (Å²) >= 11 is 0. The van der Waals surface area contributed by atoms with Crippen molar-refractivity contribution in [2.45, 2.75) is 13.0 Å². The third-order valence-electron chi connectivity index (χ3n) is 5.37. The van der Waals surface area contributed by atoms with Gasteiger partial charge >= 0.3 is 11.7 Å². The van der Waals surface area contributed by atoms with Gasteiger partial charge in [0.15, 0.2) is 5.69 Å². The first-order valence-corrected chi connectivity index (χ1v) is 10.4. The number of esters is 1. The molecule has 0 atom stereocenters. The Morgan fingerprint density at radius 3 is 2.56 bits per heavy atom. The highest BCUT2D eigenvalue weighted by molar-refractivity contribution is 6.08. The molecule has 2 aromatic carbocycles. The summed E-state index contributed by atoms with van der Waals surface area (Å²) in [6.07, 6.45) is 1.57. The Morgan fingerprint density at radius 1 is 1.09 bits per heavy atom. The van der Waals surface area contributed by atoms with Gasteiger partial charge in [0.1, 0.15) is 17.0 Å². The standard InChI is InChI=1S/C24H22N4O6/c1-33-17-10-6-9-16-18(17)19(20(26-16)23(31)34-2)25-13-15-21(29)27-24(32)28(22(15)30)12-11-14-7-4-3-5-8-14/h3-10,13,26,30H,11-12H2,1-2H3,(H,27,29,32). The summed E-state index contributed by atoms with van der Waals surface area (Å²) in [7, 11) is 2.71. The van der Waals surface area contributed by atoms with E-state index >= 15 is 0 Å². The molecule has 0 aliphatic rings. The molecule has 0 radical (unpaired) electrons. The zero-order chi connectivity index (χ0) is 24.2. The lowest BCUT2D eigenvalue weighted by Crippen LogP contribution is -2.32. The van der Waals surface area contributed by atoms with Gasteiger partial charge < -0.3 is 19.6 Å². The number of ether oxygens (including phenoxy) is 2. The minimum Gasteiger partial charge on any atom is -0.496 e. The number of H-pyrrole nitrogens is 2. The number of hydrogen-bond donors (Lipinski definition) is 3. The van der Waals surface area contributed by atoms with E-state index in [4.69, 9.17) is 9.47 Å². The SMILES string of the molecule is COC(=O)c1[nH]c2cccc(OC)c2c1N=Cc1c(O)n(CCc2ccccc2)c(=O)[nH]c1=O. The Kier molecular flexibility index (Phi) is 6.30. The molecule has 0 aliphatic carbocycles. The average molecular weight is 462 g/mol. The second kappa shape index (κ2) is 9.49. The minimum absolute atomic E-state index is 0.0477. The summed E-state index contributed by atoms with van der Waals surface area (Å²) in [5, 5.41) is 11.2. The molecule has 174 valence electrons. The molecular weight excluding hydrogens is 440 g/mol. The van der Waals surface area contributed by atoms with Crippen LogP contribution >= 0.6 is 0 Å². The van der Waals surface area contributed by atoms with Crippen LogP contribution in [-0.2, 0) is 17.7 Å². The average Bonchev–Trinajstić information content (AvgIpc) is 3.22. The van der Waals surface area contributed by atoms with Gasteiger partial charge in [-0.3, -0.25) is 19.3 Å². The molecule has 2 heterocycles. The van der Waals surface area contributed by atoms with E-state index in [1.807, 2.05) is 30.3 Å². The van der Waals surface area contributed by atoms with E-state index in [1.54, 1.807) is 18.2 Å². The maximum atomic E-state index is 12.5. The van der Waals surface area contributed by atoms with Crippen molar-refractivity contribution in [3.8, 4) is 11.6 Å². The number of aromatic hydroxyl groups is 1. The van der Waals surface area contributed by atoms with Gasteiger partial charge in [0.25, 0.3) is 5.56 Å². The number of nitrogens with one attached hydrogen (secondary N) is 2. The fourth-order valence-corrected chi connectivity index (χ4v) is 3.66. The smallest absolute Gasteiger partial charge is 0.356 e. The molecule has 4 aromatic rings. The second-order valence-electron chi connectivity index (χ2n) is 7.37. The van der Waals surface area contributed by atoms with Gasteiger partial charge in [-0.2, -0.15) is 0 Å². The Hall–Kier alpha value is -4.60. The molecule has 4 rings (SSSR count). The van der Waals surface area contributed by atoms with Gasteiger partial charge in [-0.1, -0.05) is 36.4 Å². The van der Waals surface area contributed by atoms with Crippen molar-refractivity contribution in [3.63, 3.8) is 0 Å². The van der Waals surface area contributed by atoms with Crippen LogP contribution in [0, 0.1) is 0 Å². The van der Waals surface area contributed by atoms with Crippen LogP contribution < -0.4 is 16.0 Å². The summed E-state index contributed by atoms with van der Waals surface area (Å²) in [6, 6.07) is 14.6. The summed E-state index contributed by atoms with van der Waals surface area (Å²) in [4.78, 5) is 46.6. The topological polar surface area (TPSA) is 139 Å². The number of rotatable bonds is 7. The van der Waals surface area contributed by atoms with Crippen molar-refractivity contribution < 1.29 is 19.4 Å². The molecule has 0 saturated heterocycles. The highest BCUT2D eigenvalue weighted by Gasteiger charge is 2.21. The Bertz CT molecular complexity index is 1500. The minimum atomic E-state index is -0.811. The van der Waals surface area contributed by atoms with E-state index in [0.717, 1.165) is 16.3 Å². The van der Waals surface area contributed by atoms with Gasteiger partial charge in [-0.15, -0.1) is 0 Å². The predicted octanol–water partition coefficient (Wildman–Crippen LogP) is 2.51. The van der Waals surface area contributed by atoms with Crippen molar-refractivity contribution >= 4 is 28.8 Å². The van der Waals surface area contributed by atoms with E-state index in [-0.39, 0.29) is 23.5 Å². The van der Waals surface area contributed by atoms with E-state index < -0.39 is 23.1 Å². The molecule has 34 heavy (non-hydrogen) atoms.